The van der Waals surface area contributed by atoms with Crippen molar-refractivity contribution in [3.8, 4) is 5.75 Å². The second-order valence-electron chi connectivity index (χ2n) is 5.22. The molecule has 0 aliphatic carbocycles. The number of hydrogen-bond acceptors (Lipinski definition) is 4. The van der Waals surface area contributed by atoms with Crippen molar-refractivity contribution in [3.05, 3.63) is 57.5 Å². The van der Waals surface area contributed by atoms with Crippen LogP contribution in [0.1, 0.15) is 12.8 Å². The highest BCUT2D eigenvalue weighted by Crippen LogP contribution is 2.27. The molecule has 0 aromatic heterocycles. The first-order valence-corrected chi connectivity index (χ1v) is 8.87. The minimum atomic E-state index is -0.495. The minimum absolute atomic E-state index is 0.116. The number of amides is 1. The summed E-state index contributed by atoms with van der Waals surface area (Å²) in [4.78, 5) is 23.4. The summed E-state index contributed by atoms with van der Waals surface area (Å²) in [5.41, 5.74) is 0.462. The van der Waals surface area contributed by atoms with Crippen LogP contribution in [0.5, 0.6) is 5.75 Å². The zero-order valence-electron chi connectivity index (χ0n) is 13.6. The van der Waals surface area contributed by atoms with Crippen LogP contribution in [0.15, 0.2) is 42.5 Å². The van der Waals surface area contributed by atoms with Crippen molar-refractivity contribution in [3.63, 3.8) is 0 Å². The number of carbonyl (C=O) groups is 2. The van der Waals surface area contributed by atoms with E-state index in [9.17, 15) is 9.59 Å². The Morgan fingerprint density at radius 3 is 2.50 bits per heavy atom. The molecule has 0 unspecified atom stereocenters. The van der Waals surface area contributed by atoms with Crippen LogP contribution in [0.25, 0.3) is 0 Å². The number of hydrogen-bond donors (Lipinski definition) is 1. The molecular formula is C18H16Cl3NO4. The van der Waals surface area contributed by atoms with Gasteiger partial charge in [-0.15, -0.1) is 0 Å². The Morgan fingerprint density at radius 1 is 1.00 bits per heavy atom. The number of rotatable bonds is 8. The molecule has 5 nitrogen and oxygen atoms in total. The lowest BCUT2D eigenvalue weighted by molar-refractivity contribution is -0.147. The molecule has 0 saturated heterocycles. The van der Waals surface area contributed by atoms with Crippen LogP contribution in [0, 0.1) is 0 Å². The highest BCUT2D eigenvalue weighted by Gasteiger charge is 2.10. The third kappa shape index (κ3) is 6.75. The Morgan fingerprint density at radius 2 is 1.77 bits per heavy atom. The predicted molar refractivity (Wildman–Crippen MR) is 102 cm³/mol. The largest absolute Gasteiger partial charge is 0.492 e. The Bertz CT molecular complexity index is 783. The molecule has 0 fully saturated rings. The van der Waals surface area contributed by atoms with E-state index in [-0.39, 0.29) is 19.6 Å². The molecule has 26 heavy (non-hydrogen) atoms. The summed E-state index contributed by atoms with van der Waals surface area (Å²) in [5.74, 6) is -0.468. The average Bonchev–Trinajstić information content (AvgIpc) is 2.60. The number of anilines is 1. The van der Waals surface area contributed by atoms with Crippen molar-refractivity contribution < 1.29 is 19.1 Å². The fourth-order valence-electron chi connectivity index (χ4n) is 1.96. The molecule has 138 valence electrons. The summed E-state index contributed by atoms with van der Waals surface area (Å²) in [6.45, 7) is -0.101. The van der Waals surface area contributed by atoms with E-state index < -0.39 is 11.9 Å². The molecule has 0 saturated carbocycles. The fourth-order valence-corrected chi connectivity index (χ4v) is 2.60. The first kappa shape index (κ1) is 20.4. The van der Waals surface area contributed by atoms with Crippen molar-refractivity contribution in [2.24, 2.45) is 0 Å². The van der Waals surface area contributed by atoms with Crippen LogP contribution in [-0.2, 0) is 14.3 Å². The third-order valence-electron chi connectivity index (χ3n) is 3.19. The normalized spacial score (nSPS) is 10.3. The number of benzene rings is 2. The van der Waals surface area contributed by atoms with E-state index in [4.69, 9.17) is 44.3 Å². The van der Waals surface area contributed by atoms with Gasteiger partial charge in [-0.05, 0) is 36.8 Å². The third-order valence-corrected chi connectivity index (χ3v) is 4.05. The zero-order chi connectivity index (χ0) is 18.9. The van der Waals surface area contributed by atoms with Crippen molar-refractivity contribution >= 4 is 52.4 Å². The van der Waals surface area contributed by atoms with Gasteiger partial charge < -0.3 is 14.8 Å². The van der Waals surface area contributed by atoms with Gasteiger partial charge in [0, 0.05) is 11.4 Å². The molecule has 0 heterocycles. The standard InChI is InChI=1S/C18H16Cl3NO4/c19-12-7-8-16(14(21)10-12)25-9-3-6-18(24)26-11-17(23)22-15-5-2-1-4-13(15)20/h1-2,4-5,7-8,10H,3,6,9,11H2,(H,22,23). The number of carbonyl (C=O) groups excluding carboxylic acids is 2. The summed E-state index contributed by atoms with van der Waals surface area (Å²) in [6.07, 6.45) is 0.536. The van der Waals surface area contributed by atoms with E-state index in [1.807, 2.05) is 0 Å². The molecule has 8 heteroatoms. The number of ether oxygens (including phenoxy) is 2. The van der Waals surface area contributed by atoms with Crippen molar-refractivity contribution in [1.82, 2.24) is 0 Å². The summed E-state index contributed by atoms with van der Waals surface area (Å²) in [7, 11) is 0. The second-order valence-corrected chi connectivity index (χ2v) is 6.47. The summed E-state index contributed by atoms with van der Waals surface area (Å²) in [6, 6.07) is 11.7. The molecule has 0 bridgehead atoms. The molecule has 1 N–H and O–H groups in total. The molecule has 0 aliphatic rings. The van der Waals surface area contributed by atoms with Crippen LogP contribution in [0.3, 0.4) is 0 Å². The maximum Gasteiger partial charge on any atom is 0.306 e. The van der Waals surface area contributed by atoms with E-state index in [2.05, 4.69) is 5.32 Å². The van der Waals surface area contributed by atoms with Crippen LogP contribution >= 0.6 is 34.8 Å². The number of para-hydroxylation sites is 1. The summed E-state index contributed by atoms with van der Waals surface area (Å²) >= 11 is 17.7. The molecule has 2 rings (SSSR count). The fraction of sp³-hybridized carbons (Fsp3) is 0.222. The maximum absolute atomic E-state index is 11.8. The molecule has 0 atom stereocenters. The first-order valence-electron chi connectivity index (χ1n) is 7.73. The first-order chi connectivity index (χ1) is 12.5. The van der Waals surface area contributed by atoms with Gasteiger partial charge in [0.05, 0.1) is 22.3 Å². The smallest absolute Gasteiger partial charge is 0.306 e. The van der Waals surface area contributed by atoms with Crippen LogP contribution in [-0.4, -0.2) is 25.1 Å². The van der Waals surface area contributed by atoms with Gasteiger partial charge in [-0.3, -0.25) is 9.59 Å². The van der Waals surface area contributed by atoms with E-state index >= 15 is 0 Å². The SMILES string of the molecule is O=C(COC(=O)CCCOc1ccc(Cl)cc1Cl)Nc1ccccc1Cl. The quantitative estimate of drug-likeness (QED) is 0.486. The van der Waals surface area contributed by atoms with Crippen LogP contribution in [0.2, 0.25) is 15.1 Å². The van der Waals surface area contributed by atoms with Gasteiger partial charge in [-0.1, -0.05) is 46.9 Å². The van der Waals surface area contributed by atoms with Gasteiger partial charge in [-0.2, -0.15) is 0 Å². The Balaban J connectivity index is 1.64. The van der Waals surface area contributed by atoms with Crippen molar-refractivity contribution in [1.29, 1.82) is 0 Å². The predicted octanol–water partition coefficient (Wildman–Crippen LogP) is 4.99. The van der Waals surface area contributed by atoms with Gasteiger partial charge in [0.25, 0.3) is 5.91 Å². The molecular weight excluding hydrogens is 401 g/mol. The Labute approximate surface area is 166 Å². The number of esters is 1. The number of nitrogens with one attached hydrogen (secondary N) is 1. The highest BCUT2D eigenvalue weighted by atomic mass is 35.5. The minimum Gasteiger partial charge on any atom is -0.492 e. The lowest BCUT2D eigenvalue weighted by Crippen LogP contribution is -2.21. The van der Waals surface area contributed by atoms with Crippen molar-refractivity contribution in [2.75, 3.05) is 18.5 Å². The number of halogens is 3. The lowest BCUT2D eigenvalue weighted by Gasteiger charge is -2.09. The second kappa shape index (κ2) is 10.3. The summed E-state index contributed by atoms with van der Waals surface area (Å²) < 4.78 is 10.4. The molecule has 0 radical (unpaired) electrons. The Kier molecular flexibility index (Phi) is 8.04. The van der Waals surface area contributed by atoms with E-state index in [0.29, 0.717) is 32.9 Å². The average molecular weight is 417 g/mol. The van der Waals surface area contributed by atoms with Gasteiger partial charge >= 0.3 is 5.97 Å². The maximum atomic E-state index is 11.8. The topological polar surface area (TPSA) is 64.6 Å². The van der Waals surface area contributed by atoms with Crippen molar-refractivity contribution in [2.45, 2.75) is 12.8 Å². The monoisotopic (exact) mass is 415 g/mol. The van der Waals surface area contributed by atoms with E-state index in [1.165, 1.54) is 0 Å². The van der Waals surface area contributed by atoms with Crippen LogP contribution in [0.4, 0.5) is 5.69 Å². The van der Waals surface area contributed by atoms with E-state index in [1.54, 1.807) is 42.5 Å². The summed E-state index contributed by atoms with van der Waals surface area (Å²) in [5, 5.41) is 3.89. The van der Waals surface area contributed by atoms with Gasteiger partial charge in [0.15, 0.2) is 6.61 Å². The molecule has 0 spiro atoms. The van der Waals surface area contributed by atoms with Gasteiger partial charge in [0.1, 0.15) is 5.75 Å². The molecule has 2 aromatic carbocycles. The molecule has 0 aliphatic heterocycles. The Hall–Kier alpha value is -1.95. The zero-order valence-corrected chi connectivity index (χ0v) is 15.9. The molecule has 1 amide bonds. The highest BCUT2D eigenvalue weighted by molar-refractivity contribution is 6.35. The van der Waals surface area contributed by atoms with Gasteiger partial charge in [-0.25, -0.2) is 0 Å². The van der Waals surface area contributed by atoms with E-state index in [0.717, 1.165) is 0 Å². The van der Waals surface area contributed by atoms with Crippen LogP contribution < -0.4 is 10.1 Å². The van der Waals surface area contributed by atoms with Gasteiger partial charge in [0.2, 0.25) is 0 Å². The molecule has 2 aromatic rings. The lowest BCUT2D eigenvalue weighted by atomic mass is 10.3.